The van der Waals surface area contributed by atoms with Crippen LogP contribution in [0, 0.1) is 13.8 Å². The fraction of sp³-hybridized carbons (Fsp3) is 0.444. The molecule has 1 rings (SSSR count). The number of furan rings is 1. The lowest BCUT2D eigenvalue weighted by molar-refractivity contribution is -0.137. The smallest absolute Gasteiger partial charge is 0.305 e. The van der Waals surface area contributed by atoms with Crippen molar-refractivity contribution in [2.45, 2.75) is 26.3 Å². The summed E-state index contributed by atoms with van der Waals surface area (Å²) < 4.78 is 5.29. The van der Waals surface area contributed by atoms with E-state index in [0.717, 1.165) is 11.3 Å². The van der Waals surface area contributed by atoms with E-state index in [-0.39, 0.29) is 6.42 Å². The Morgan fingerprint density at radius 1 is 1.69 bits per heavy atom. The molecule has 0 saturated heterocycles. The number of carbonyl (C=O) groups is 1. The maximum Gasteiger partial charge on any atom is 0.305 e. The molecule has 13 heavy (non-hydrogen) atoms. The van der Waals surface area contributed by atoms with Crippen LogP contribution >= 0.6 is 0 Å². The highest BCUT2D eigenvalue weighted by atomic mass is 16.4. The Hall–Kier alpha value is -1.29. The first-order valence-electron chi connectivity index (χ1n) is 4.05. The zero-order chi connectivity index (χ0) is 10.0. The van der Waals surface area contributed by atoms with Gasteiger partial charge in [-0.3, -0.25) is 4.79 Å². The van der Waals surface area contributed by atoms with Crippen molar-refractivity contribution >= 4 is 5.97 Å². The molecule has 0 spiro atoms. The average Bonchev–Trinajstić information content (AvgIpc) is 2.31. The normalized spacial score (nSPS) is 12.8. The molecule has 4 heteroatoms. The minimum atomic E-state index is -0.917. The van der Waals surface area contributed by atoms with Gasteiger partial charge in [-0.05, 0) is 25.5 Å². The van der Waals surface area contributed by atoms with Gasteiger partial charge in [-0.15, -0.1) is 0 Å². The van der Waals surface area contributed by atoms with E-state index >= 15 is 0 Å². The number of aliphatic carboxylic acids is 1. The lowest BCUT2D eigenvalue weighted by Gasteiger charge is -2.03. The van der Waals surface area contributed by atoms with Crippen LogP contribution in [-0.4, -0.2) is 11.1 Å². The van der Waals surface area contributed by atoms with Gasteiger partial charge in [0.1, 0.15) is 11.5 Å². The fourth-order valence-corrected chi connectivity index (χ4v) is 1.07. The SMILES string of the molecule is Cc1cc(C(N)CC(=O)O)oc1C. The Bertz CT molecular complexity index is 297. The van der Waals surface area contributed by atoms with Gasteiger partial charge < -0.3 is 15.3 Å². The van der Waals surface area contributed by atoms with Gasteiger partial charge in [0.2, 0.25) is 0 Å². The molecule has 1 heterocycles. The molecule has 1 aromatic heterocycles. The molecule has 0 fully saturated rings. The molecular formula is C9H13NO3. The van der Waals surface area contributed by atoms with Gasteiger partial charge in [0.05, 0.1) is 12.5 Å². The van der Waals surface area contributed by atoms with Gasteiger partial charge in [0.15, 0.2) is 0 Å². The van der Waals surface area contributed by atoms with Crippen LogP contribution in [0.1, 0.15) is 29.5 Å². The third-order valence-electron chi connectivity index (χ3n) is 1.95. The second-order valence-electron chi connectivity index (χ2n) is 3.09. The molecule has 0 aliphatic rings. The topological polar surface area (TPSA) is 76.5 Å². The van der Waals surface area contributed by atoms with Crippen molar-refractivity contribution in [3.8, 4) is 0 Å². The number of hydrogen-bond donors (Lipinski definition) is 2. The van der Waals surface area contributed by atoms with Gasteiger partial charge in [0.25, 0.3) is 0 Å². The van der Waals surface area contributed by atoms with Gasteiger partial charge in [0, 0.05) is 0 Å². The summed E-state index contributed by atoms with van der Waals surface area (Å²) in [6.45, 7) is 3.72. The number of rotatable bonds is 3. The Morgan fingerprint density at radius 2 is 2.31 bits per heavy atom. The molecule has 0 aliphatic heterocycles. The van der Waals surface area contributed by atoms with E-state index in [2.05, 4.69) is 0 Å². The molecule has 1 atom stereocenters. The van der Waals surface area contributed by atoms with Crippen LogP contribution in [0.15, 0.2) is 10.5 Å². The Kier molecular flexibility index (Phi) is 2.72. The Labute approximate surface area is 76.3 Å². The summed E-state index contributed by atoms with van der Waals surface area (Å²) in [6.07, 6.45) is -0.105. The first kappa shape index (κ1) is 9.80. The maximum atomic E-state index is 10.4. The van der Waals surface area contributed by atoms with E-state index < -0.39 is 12.0 Å². The highest BCUT2D eigenvalue weighted by Gasteiger charge is 2.15. The predicted octanol–water partition coefficient (Wildman–Crippen LogP) is 1.37. The third kappa shape index (κ3) is 2.32. The standard InChI is InChI=1S/C9H13NO3/c1-5-3-8(13-6(5)2)7(10)4-9(11)12/h3,7H,4,10H2,1-2H3,(H,11,12). The van der Waals surface area contributed by atoms with Crippen molar-refractivity contribution in [2.75, 3.05) is 0 Å². The number of hydrogen-bond acceptors (Lipinski definition) is 3. The van der Waals surface area contributed by atoms with Gasteiger partial charge in [-0.1, -0.05) is 0 Å². The predicted molar refractivity (Wildman–Crippen MR) is 47.4 cm³/mol. The van der Waals surface area contributed by atoms with Crippen LogP contribution in [0.4, 0.5) is 0 Å². The van der Waals surface area contributed by atoms with Gasteiger partial charge in [-0.2, -0.15) is 0 Å². The van der Waals surface area contributed by atoms with Crippen LogP contribution in [0.5, 0.6) is 0 Å². The highest BCUT2D eigenvalue weighted by molar-refractivity contribution is 5.67. The van der Waals surface area contributed by atoms with E-state index in [9.17, 15) is 4.79 Å². The molecular weight excluding hydrogens is 170 g/mol. The molecule has 0 radical (unpaired) electrons. The van der Waals surface area contributed by atoms with Crippen molar-refractivity contribution < 1.29 is 14.3 Å². The minimum Gasteiger partial charge on any atom is -0.481 e. The molecule has 3 N–H and O–H groups in total. The zero-order valence-corrected chi connectivity index (χ0v) is 7.70. The van der Waals surface area contributed by atoms with E-state index in [1.807, 2.05) is 13.8 Å². The second kappa shape index (κ2) is 3.62. The molecule has 0 amide bonds. The Balaban J connectivity index is 2.77. The fourth-order valence-electron chi connectivity index (χ4n) is 1.07. The van der Waals surface area contributed by atoms with Crippen molar-refractivity contribution in [1.29, 1.82) is 0 Å². The van der Waals surface area contributed by atoms with Crippen molar-refractivity contribution in [3.63, 3.8) is 0 Å². The van der Waals surface area contributed by atoms with E-state index in [1.54, 1.807) is 6.07 Å². The summed E-state index contributed by atoms with van der Waals surface area (Å²) >= 11 is 0. The molecule has 1 unspecified atom stereocenters. The van der Waals surface area contributed by atoms with Crippen LogP contribution in [-0.2, 0) is 4.79 Å². The minimum absolute atomic E-state index is 0.105. The second-order valence-corrected chi connectivity index (χ2v) is 3.09. The van der Waals surface area contributed by atoms with Gasteiger partial charge in [-0.25, -0.2) is 0 Å². The summed E-state index contributed by atoms with van der Waals surface area (Å²) in [5.41, 5.74) is 6.60. The highest BCUT2D eigenvalue weighted by Crippen LogP contribution is 2.20. The molecule has 0 aliphatic carbocycles. The van der Waals surface area contributed by atoms with Gasteiger partial charge >= 0.3 is 5.97 Å². The molecule has 0 saturated carbocycles. The largest absolute Gasteiger partial charge is 0.481 e. The molecule has 1 aromatic rings. The van der Waals surface area contributed by atoms with Crippen LogP contribution in [0.2, 0.25) is 0 Å². The zero-order valence-electron chi connectivity index (χ0n) is 7.70. The number of nitrogens with two attached hydrogens (primary N) is 1. The Morgan fingerprint density at radius 3 is 2.69 bits per heavy atom. The summed E-state index contributed by atoms with van der Waals surface area (Å²) in [5.74, 6) is 0.410. The quantitative estimate of drug-likeness (QED) is 0.742. The third-order valence-corrected chi connectivity index (χ3v) is 1.95. The van der Waals surface area contributed by atoms with Crippen LogP contribution in [0.3, 0.4) is 0 Å². The summed E-state index contributed by atoms with van der Waals surface area (Å²) in [7, 11) is 0. The summed E-state index contributed by atoms with van der Waals surface area (Å²) in [6, 6.07) is 1.23. The van der Waals surface area contributed by atoms with Crippen molar-refractivity contribution in [1.82, 2.24) is 0 Å². The molecule has 0 bridgehead atoms. The monoisotopic (exact) mass is 183 g/mol. The van der Waals surface area contributed by atoms with E-state index in [4.69, 9.17) is 15.3 Å². The first-order chi connectivity index (χ1) is 6.00. The summed E-state index contributed by atoms with van der Waals surface area (Å²) in [5, 5.41) is 8.50. The van der Waals surface area contributed by atoms with E-state index in [0.29, 0.717) is 5.76 Å². The lowest BCUT2D eigenvalue weighted by Crippen LogP contribution is -2.14. The van der Waals surface area contributed by atoms with Crippen LogP contribution in [0.25, 0.3) is 0 Å². The molecule has 0 aromatic carbocycles. The number of aryl methyl sites for hydroxylation is 2. The molecule has 4 nitrogen and oxygen atoms in total. The lowest BCUT2D eigenvalue weighted by atomic mass is 10.1. The van der Waals surface area contributed by atoms with E-state index in [1.165, 1.54) is 0 Å². The maximum absolute atomic E-state index is 10.4. The van der Waals surface area contributed by atoms with Crippen molar-refractivity contribution in [2.24, 2.45) is 5.73 Å². The average molecular weight is 183 g/mol. The van der Waals surface area contributed by atoms with Crippen LogP contribution < -0.4 is 5.73 Å². The first-order valence-corrected chi connectivity index (χ1v) is 4.05. The summed E-state index contributed by atoms with van der Waals surface area (Å²) in [4.78, 5) is 10.4. The van der Waals surface area contributed by atoms with Crippen molar-refractivity contribution in [3.05, 3.63) is 23.2 Å². The number of carboxylic acids is 1. The number of carboxylic acid groups (broad SMARTS) is 1. The molecule has 72 valence electrons.